The second-order valence-corrected chi connectivity index (χ2v) is 9.03. The van der Waals surface area contributed by atoms with Gasteiger partial charge in [-0.15, -0.1) is 10.2 Å². The zero-order valence-corrected chi connectivity index (χ0v) is 20.9. The number of aromatic nitrogens is 8. The number of halogens is 1. The molecular weight excluding hydrogens is 478 g/mol. The number of rotatable bonds is 9. The standard InChI is InChI=1S/C21H24ClN9O2S/c1-12(15-7-6-14(22)10-23-15)13(2)34-29-21-27-26-18(16-8-9-30(3)28-16)31(21)17-19(32-4)24-11-25-20(17)33-5/h6-13H,1-5H3,(H,27,29). The molecule has 178 valence electrons. The summed E-state index contributed by atoms with van der Waals surface area (Å²) in [5.41, 5.74) is 2.02. The second-order valence-electron chi connectivity index (χ2n) is 7.41. The van der Waals surface area contributed by atoms with Gasteiger partial charge in [0, 0.05) is 36.3 Å². The van der Waals surface area contributed by atoms with E-state index in [2.05, 4.69) is 48.8 Å². The largest absolute Gasteiger partial charge is 0.479 e. The molecule has 0 aromatic carbocycles. The van der Waals surface area contributed by atoms with Gasteiger partial charge in [0.15, 0.2) is 11.5 Å². The van der Waals surface area contributed by atoms with Crippen LogP contribution in [0.3, 0.4) is 0 Å². The van der Waals surface area contributed by atoms with Gasteiger partial charge < -0.3 is 9.47 Å². The molecule has 0 aliphatic heterocycles. The van der Waals surface area contributed by atoms with Gasteiger partial charge in [-0.25, -0.2) is 4.57 Å². The highest BCUT2D eigenvalue weighted by Crippen LogP contribution is 2.36. The van der Waals surface area contributed by atoms with Gasteiger partial charge in [0.05, 0.1) is 19.2 Å². The highest BCUT2D eigenvalue weighted by molar-refractivity contribution is 8.01. The van der Waals surface area contributed by atoms with Gasteiger partial charge in [0.25, 0.3) is 0 Å². The minimum atomic E-state index is 0.132. The SMILES string of the molecule is COc1ncnc(OC)c1-n1c(NSC(C)C(C)c2ccc(Cl)cn2)nnc1-c1ccn(C)n1. The molecule has 34 heavy (non-hydrogen) atoms. The third-order valence-corrected chi connectivity index (χ3v) is 6.53. The smallest absolute Gasteiger partial charge is 0.245 e. The molecule has 0 aliphatic carbocycles. The number of hydrogen-bond donors (Lipinski definition) is 1. The van der Waals surface area contributed by atoms with Crippen molar-refractivity contribution in [2.75, 3.05) is 18.9 Å². The Morgan fingerprint density at radius 3 is 2.35 bits per heavy atom. The van der Waals surface area contributed by atoms with E-state index in [1.54, 1.807) is 15.4 Å². The molecule has 4 heterocycles. The van der Waals surface area contributed by atoms with Gasteiger partial charge in [-0.1, -0.05) is 25.4 Å². The number of methoxy groups -OCH3 is 2. The first-order valence-electron chi connectivity index (χ1n) is 10.3. The first-order valence-corrected chi connectivity index (χ1v) is 11.6. The number of ether oxygens (including phenoxy) is 2. The lowest BCUT2D eigenvalue weighted by Gasteiger charge is -2.20. The van der Waals surface area contributed by atoms with Crippen LogP contribution < -0.4 is 14.2 Å². The molecule has 0 saturated carbocycles. The Morgan fingerprint density at radius 2 is 1.76 bits per heavy atom. The van der Waals surface area contributed by atoms with Crippen LogP contribution in [-0.2, 0) is 7.05 Å². The van der Waals surface area contributed by atoms with E-state index in [0.717, 1.165) is 5.69 Å². The number of nitrogens with zero attached hydrogens (tertiary/aromatic N) is 8. The maximum Gasteiger partial charge on any atom is 0.245 e. The number of anilines is 1. The summed E-state index contributed by atoms with van der Waals surface area (Å²) < 4.78 is 17.8. The molecule has 13 heteroatoms. The van der Waals surface area contributed by atoms with Crippen LogP contribution in [0.15, 0.2) is 36.9 Å². The van der Waals surface area contributed by atoms with Gasteiger partial charge in [0.2, 0.25) is 17.7 Å². The lowest BCUT2D eigenvalue weighted by Crippen LogP contribution is -2.14. The van der Waals surface area contributed by atoms with Crippen LogP contribution in [0.25, 0.3) is 17.2 Å². The average Bonchev–Trinajstić information content (AvgIpc) is 3.47. The van der Waals surface area contributed by atoms with Crippen molar-refractivity contribution in [2.45, 2.75) is 25.0 Å². The number of nitrogens with one attached hydrogen (secondary N) is 1. The minimum Gasteiger partial charge on any atom is -0.479 e. The van der Waals surface area contributed by atoms with Crippen molar-refractivity contribution in [1.82, 2.24) is 39.5 Å². The second kappa shape index (κ2) is 10.3. The van der Waals surface area contributed by atoms with Crippen LogP contribution in [0.5, 0.6) is 11.8 Å². The van der Waals surface area contributed by atoms with E-state index in [0.29, 0.717) is 39.9 Å². The Morgan fingerprint density at radius 1 is 1.03 bits per heavy atom. The van der Waals surface area contributed by atoms with E-state index in [9.17, 15) is 0 Å². The van der Waals surface area contributed by atoms with Crippen LogP contribution in [-0.4, -0.2) is 59.0 Å². The lowest BCUT2D eigenvalue weighted by atomic mass is 10.0. The van der Waals surface area contributed by atoms with Crippen LogP contribution in [0.2, 0.25) is 5.02 Å². The molecule has 1 N–H and O–H groups in total. The fourth-order valence-corrected chi connectivity index (χ4v) is 4.12. The Balaban J connectivity index is 1.70. The zero-order chi connectivity index (χ0) is 24.2. The van der Waals surface area contributed by atoms with Crippen molar-refractivity contribution >= 4 is 29.5 Å². The summed E-state index contributed by atoms with van der Waals surface area (Å²) in [7, 11) is 4.89. The summed E-state index contributed by atoms with van der Waals surface area (Å²) in [4.78, 5) is 12.9. The molecule has 4 rings (SSSR count). The molecule has 0 bridgehead atoms. The number of pyridine rings is 1. The molecule has 0 spiro atoms. The summed E-state index contributed by atoms with van der Waals surface area (Å²) in [6.45, 7) is 4.21. The summed E-state index contributed by atoms with van der Waals surface area (Å²) in [5.74, 6) is 1.69. The summed E-state index contributed by atoms with van der Waals surface area (Å²) >= 11 is 7.47. The van der Waals surface area contributed by atoms with E-state index in [1.807, 2.05) is 31.4 Å². The Bertz CT molecular complexity index is 1240. The summed E-state index contributed by atoms with van der Waals surface area (Å²) in [5, 5.41) is 14.0. The molecule has 2 atom stereocenters. The Labute approximate surface area is 206 Å². The monoisotopic (exact) mass is 501 g/mol. The van der Waals surface area contributed by atoms with Crippen molar-refractivity contribution in [2.24, 2.45) is 7.05 Å². The van der Waals surface area contributed by atoms with E-state index in [1.165, 1.54) is 32.5 Å². The van der Waals surface area contributed by atoms with Crippen molar-refractivity contribution in [3.8, 4) is 29.0 Å². The molecule has 2 unspecified atom stereocenters. The maximum atomic E-state index is 5.98. The van der Waals surface area contributed by atoms with Gasteiger partial charge in [-0.2, -0.15) is 15.1 Å². The van der Waals surface area contributed by atoms with Crippen molar-refractivity contribution in [3.05, 3.63) is 47.6 Å². The van der Waals surface area contributed by atoms with Crippen molar-refractivity contribution in [1.29, 1.82) is 0 Å². The molecule has 4 aromatic rings. The van der Waals surface area contributed by atoms with E-state index in [-0.39, 0.29) is 11.2 Å². The molecule has 0 radical (unpaired) electrons. The predicted molar refractivity (Wildman–Crippen MR) is 131 cm³/mol. The van der Waals surface area contributed by atoms with Crippen molar-refractivity contribution in [3.63, 3.8) is 0 Å². The highest BCUT2D eigenvalue weighted by Gasteiger charge is 2.26. The topological polar surface area (TPSA) is 118 Å². The summed E-state index contributed by atoms with van der Waals surface area (Å²) in [6.07, 6.45) is 4.85. The van der Waals surface area contributed by atoms with E-state index < -0.39 is 0 Å². The Kier molecular flexibility index (Phi) is 7.17. The maximum absolute atomic E-state index is 5.98. The third kappa shape index (κ3) is 4.77. The number of aryl methyl sites for hydroxylation is 1. The number of hydrogen-bond acceptors (Lipinski definition) is 10. The predicted octanol–water partition coefficient (Wildman–Crippen LogP) is 3.78. The molecule has 0 fully saturated rings. The van der Waals surface area contributed by atoms with Crippen LogP contribution in [0.1, 0.15) is 25.5 Å². The fraction of sp³-hybridized carbons (Fsp3) is 0.333. The summed E-state index contributed by atoms with van der Waals surface area (Å²) in [6, 6.07) is 5.62. The first-order chi connectivity index (χ1) is 16.4. The van der Waals surface area contributed by atoms with Crippen LogP contribution in [0, 0.1) is 0 Å². The zero-order valence-electron chi connectivity index (χ0n) is 19.3. The minimum absolute atomic E-state index is 0.132. The van der Waals surface area contributed by atoms with E-state index in [4.69, 9.17) is 21.1 Å². The van der Waals surface area contributed by atoms with E-state index >= 15 is 0 Å². The normalized spacial score (nSPS) is 12.9. The molecule has 4 aromatic heterocycles. The molecule has 0 amide bonds. The highest BCUT2D eigenvalue weighted by atomic mass is 35.5. The van der Waals surface area contributed by atoms with Crippen LogP contribution >= 0.6 is 23.5 Å². The molecular formula is C21H24ClN9O2S. The van der Waals surface area contributed by atoms with Gasteiger partial charge in [-0.05, 0) is 30.1 Å². The van der Waals surface area contributed by atoms with Crippen molar-refractivity contribution < 1.29 is 9.47 Å². The van der Waals surface area contributed by atoms with Gasteiger partial charge in [0.1, 0.15) is 12.0 Å². The quantitative estimate of drug-likeness (QED) is 0.339. The Hall–Kier alpha value is -3.38. The average molecular weight is 502 g/mol. The third-order valence-electron chi connectivity index (χ3n) is 5.23. The molecule has 0 aliphatic rings. The molecule has 11 nitrogen and oxygen atoms in total. The molecule has 0 saturated heterocycles. The first kappa shape index (κ1) is 23.8. The van der Waals surface area contributed by atoms with Crippen LogP contribution in [0.4, 0.5) is 5.95 Å². The van der Waals surface area contributed by atoms with Gasteiger partial charge in [-0.3, -0.25) is 14.4 Å². The lowest BCUT2D eigenvalue weighted by molar-refractivity contribution is 0.368. The van der Waals surface area contributed by atoms with Gasteiger partial charge >= 0.3 is 0 Å². The fourth-order valence-electron chi connectivity index (χ4n) is 3.24.